The summed E-state index contributed by atoms with van der Waals surface area (Å²) in [6.07, 6.45) is 0.402. The molecule has 0 saturated carbocycles. The molecule has 1 aromatic carbocycles. The molecule has 1 aliphatic rings. The number of carbonyl (C=O) groups is 1. The van der Waals surface area contributed by atoms with Gasteiger partial charge in [0.15, 0.2) is 0 Å². The van der Waals surface area contributed by atoms with Crippen LogP contribution in [-0.4, -0.2) is 24.7 Å². The number of hydrogen-bond donors (Lipinski definition) is 2. The molecule has 2 atom stereocenters. The fraction of sp³-hybridized carbons (Fsp3) is 0.462. The van der Waals surface area contributed by atoms with Gasteiger partial charge in [0.1, 0.15) is 11.6 Å². The molecule has 4 nitrogen and oxygen atoms in total. The highest BCUT2D eigenvalue weighted by Crippen LogP contribution is 2.32. The van der Waals surface area contributed by atoms with Gasteiger partial charge in [0.25, 0.3) is 0 Å². The maximum absolute atomic E-state index is 14.1. The van der Waals surface area contributed by atoms with Crippen molar-refractivity contribution in [2.75, 3.05) is 13.7 Å². The van der Waals surface area contributed by atoms with Gasteiger partial charge in [-0.2, -0.15) is 0 Å². The standard InChI is InChI=1S/C13H16FNO3/c1-7-3-9(18-2)5-10(12(7)14)11-4-8(6-15-11)13(16)17/h3,5,8,11,15H,4,6H2,1-2H3,(H,16,17). The maximum atomic E-state index is 14.1. The zero-order valence-electron chi connectivity index (χ0n) is 10.4. The van der Waals surface area contributed by atoms with Crippen LogP contribution in [0.5, 0.6) is 5.75 Å². The van der Waals surface area contributed by atoms with E-state index in [0.29, 0.717) is 29.8 Å². The Kier molecular flexibility index (Phi) is 3.52. The summed E-state index contributed by atoms with van der Waals surface area (Å²) in [6, 6.07) is 2.99. The van der Waals surface area contributed by atoms with E-state index in [-0.39, 0.29) is 11.9 Å². The van der Waals surface area contributed by atoms with Crippen molar-refractivity contribution >= 4 is 5.97 Å². The topological polar surface area (TPSA) is 58.6 Å². The summed E-state index contributed by atoms with van der Waals surface area (Å²) >= 11 is 0. The largest absolute Gasteiger partial charge is 0.497 e. The Labute approximate surface area is 105 Å². The lowest BCUT2D eigenvalue weighted by Crippen LogP contribution is -2.17. The van der Waals surface area contributed by atoms with Crippen LogP contribution in [0.15, 0.2) is 12.1 Å². The molecule has 1 saturated heterocycles. The molecule has 2 unspecified atom stereocenters. The minimum atomic E-state index is -0.843. The number of aryl methyl sites for hydroxylation is 1. The van der Waals surface area contributed by atoms with Crippen molar-refractivity contribution in [2.45, 2.75) is 19.4 Å². The third-order valence-corrected chi connectivity index (χ3v) is 3.35. The van der Waals surface area contributed by atoms with Gasteiger partial charge in [-0.3, -0.25) is 4.79 Å². The van der Waals surface area contributed by atoms with Gasteiger partial charge in [-0.25, -0.2) is 4.39 Å². The SMILES string of the molecule is COc1cc(C)c(F)c(C2CC(C(=O)O)CN2)c1. The van der Waals surface area contributed by atoms with Crippen LogP contribution < -0.4 is 10.1 Å². The fourth-order valence-corrected chi connectivity index (χ4v) is 2.29. The molecule has 5 heteroatoms. The van der Waals surface area contributed by atoms with E-state index in [1.54, 1.807) is 19.1 Å². The fourth-order valence-electron chi connectivity index (χ4n) is 2.29. The average Bonchev–Trinajstić information content (AvgIpc) is 2.82. The summed E-state index contributed by atoms with van der Waals surface area (Å²) < 4.78 is 19.2. The number of benzene rings is 1. The van der Waals surface area contributed by atoms with E-state index in [1.807, 2.05) is 0 Å². The van der Waals surface area contributed by atoms with Crippen LogP contribution in [0.4, 0.5) is 4.39 Å². The molecule has 1 aromatic rings. The number of carboxylic acids is 1. The minimum absolute atomic E-state index is 0.264. The van der Waals surface area contributed by atoms with Crippen LogP contribution in [0.3, 0.4) is 0 Å². The Morgan fingerprint density at radius 1 is 1.56 bits per heavy atom. The predicted octanol–water partition coefficient (Wildman–Crippen LogP) is 1.88. The number of aliphatic carboxylic acids is 1. The van der Waals surface area contributed by atoms with Crippen LogP contribution in [0.2, 0.25) is 0 Å². The Hall–Kier alpha value is -1.62. The highest BCUT2D eigenvalue weighted by Gasteiger charge is 2.32. The summed E-state index contributed by atoms with van der Waals surface area (Å²) in [7, 11) is 1.53. The van der Waals surface area contributed by atoms with E-state index in [0.717, 1.165) is 0 Å². The van der Waals surface area contributed by atoms with E-state index in [4.69, 9.17) is 9.84 Å². The van der Waals surface area contributed by atoms with E-state index in [9.17, 15) is 9.18 Å². The molecule has 98 valence electrons. The normalized spacial score (nSPS) is 23.1. The van der Waals surface area contributed by atoms with Crippen molar-refractivity contribution in [3.63, 3.8) is 0 Å². The van der Waals surface area contributed by atoms with Crippen molar-refractivity contribution in [1.82, 2.24) is 5.32 Å². The molecular weight excluding hydrogens is 237 g/mol. The number of ether oxygens (including phenoxy) is 1. The maximum Gasteiger partial charge on any atom is 0.307 e. The molecule has 1 heterocycles. The predicted molar refractivity (Wildman–Crippen MR) is 64.2 cm³/mol. The zero-order chi connectivity index (χ0) is 13.3. The first-order valence-corrected chi connectivity index (χ1v) is 5.83. The number of carboxylic acid groups (broad SMARTS) is 1. The van der Waals surface area contributed by atoms with Gasteiger partial charge < -0.3 is 15.2 Å². The Morgan fingerprint density at radius 3 is 2.83 bits per heavy atom. The van der Waals surface area contributed by atoms with Crippen LogP contribution in [0.1, 0.15) is 23.6 Å². The van der Waals surface area contributed by atoms with Crippen molar-refractivity contribution < 1.29 is 19.0 Å². The second kappa shape index (κ2) is 4.94. The monoisotopic (exact) mass is 253 g/mol. The van der Waals surface area contributed by atoms with Gasteiger partial charge in [0.2, 0.25) is 0 Å². The summed E-state index contributed by atoms with van der Waals surface area (Å²) in [5, 5.41) is 12.0. The van der Waals surface area contributed by atoms with Gasteiger partial charge in [0, 0.05) is 18.2 Å². The first kappa shape index (κ1) is 12.8. The summed E-state index contributed by atoms with van der Waals surface area (Å²) in [6.45, 7) is 2.04. The second-order valence-corrected chi connectivity index (χ2v) is 4.58. The van der Waals surface area contributed by atoms with Crippen LogP contribution in [0.25, 0.3) is 0 Å². The van der Waals surface area contributed by atoms with Crippen molar-refractivity contribution in [1.29, 1.82) is 0 Å². The molecule has 0 aliphatic carbocycles. The number of hydrogen-bond acceptors (Lipinski definition) is 3. The average molecular weight is 253 g/mol. The van der Waals surface area contributed by atoms with Crippen molar-refractivity contribution in [2.24, 2.45) is 5.92 Å². The lowest BCUT2D eigenvalue weighted by molar-refractivity contribution is -0.141. The molecular formula is C13H16FNO3. The number of methoxy groups -OCH3 is 1. The molecule has 0 amide bonds. The molecule has 0 aromatic heterocycles. The summed E-state index contributed by atoms with van der Waals surface area (Å²) in [5.41, 5.74) is 0.987. The Bertz CT molecular complexity index is 476. The van der Waals surface area contributed by atoms with Crippen molar-refractivity contribution in [3.8, 4) is 5.75 Å². The third-order valence-electron chi connectivity index (χ3n) is 3.35. The highest BCUT2D eigenvalue weighted by atomic mass is 19.1. The molecule has 0 spiro atoms. The Balaban J connectivity index is 2.29. The van der Waals surface area contributed by atoms with Gasteiger partial charge in [-0.05, 0) is 31.0 Å². The van der Waals surface area contributed by atoms with Crippen LogP contribution in [-0.2, 0) is 4.79 Å². The number of nitrogens with one attached hydrogen (secondary N) is 1. The molecule has 1 fully saturated rings. The first-order valence-electron chi connectivity index (χ1n) is 5.83. The molecule has 0 bridgehead atoms. The van der Waals surface area contributed by atoms with Crippen LogP contribution >= 0.6 is 0 Å². The van der Waals surface area contributed by atoms with E-state index in [1.165, 1.54) is 7.11 Å². The highest BCUT2D eigenvalue weighted by molar-refractivity contribution is 5.70. The molecule has 1 aliphatic heterocycles. The van der Waals surface area contributed by atoms with Crippen molar-refractivity contribution in [3.05, 3.63) is 29.1 Å². The lowest BCUT2D eigenvalue weighted by Gasteiger charge is -2.15. The van der Waals surface area contributed by atoms with Crippen LogP contribution in [0, 0.1) is 18.7 Å². The molecule has 2 rings (SSSR count). The summed E-state index contributed by atoms with van der Waals surface area (Å²) in [4.78, 5) is 10.9. The second-order valence-electron chi connectivity index (χ2n) is 4.58. The lowest BCUT2D eigenvalue weighted by atomic mass is 9.98. The van der Waals surface area contributed by atoms with E-state index >= 15 is 0 Å². The molecule has 2 N–H and O–H groups in total. The van der Waals surface area contributed by atoms with Gasteiger partial charge in [-0.1, -0.05) is 0 Å². The molecule has 18 heavy (non-hydrogen) atoms. The number of halogens is 1. The first-order chi connectivity index (χ1) is 8.52. The van der Waals surface area contributed by atoms with Gasteiger partial charge >= 0.3 is 5.97 Å². The third kappa shape index (κ3) is 2.31. The smallest absolute Gasteiger partial charge is 0.307 e. The van der Waals surface area contributed by atoms with E-state index < -0.39 is 11.9 Å². The zero-order valence-corrected chi connectivity index (χ0v) is 10.4. The number of rotatable bonds is 3. The molecule has 0 radical (unpaired) electrons. The quantitative estimate of drug-likeness (QED) is 0.863. The minimum Gasteiger partial charge on any atom is -0.497 e. The van der Waals surface area contributed by atoms with Gasteiger partial charge in [-0.15, -0.1) is 0 Å². The van der Waals surface area contributed by atoms with Gasteiger partial charge in [0.05, 0.1) is 13.0 Å². The van der Waals surface area contributed by atoms with E-state index in [2.05, 4.69) is 5.32 Å². The Morgan fingerprint density at radius 2 is 2.28 bits per heavy atom. The summed E-state index contributed by atoms with van der Waals surface area (Å²) in [5.74, 6) is -1.00.